The van der Waals surface area contributed by atoms with Crippen LogP contribution in [0.3, 0.4) is 0 Å². The largest absolute Gasteiger partial charge is 0.504 e. The summed E-state index contributed by atoms with van der Waals surface area (Å²) in [4.78, 5) is 61.5. The molecule has 16 heteroatoms. The van der Waals surface area contributed by atoms with E-state index in [9.17, 15) is 32.7 Å². The molecule has 1 spiro atoms. The van der Waals surface area contributed by atoms with Crippen LogP contribution in [0.5, 0.6) is 5.75 Å². The number of amides is 2. The number of aromatic hydroxyl groups is 1. The highest BCUT2D eigenvalue weighted by atomic mass is 35.5. The predicted molar refractivity (Wildman–Crippen MR) is 171 cm³/mol. The maximum Gasteiger partial charge on any atom is 0.416 e. The van der Waals surface area contributed by atoms with E-state index in [1.807, 2.05) is 6.92 Å². The lowest BCUT2D eigenvalue weighted by Crippen LogP contribution is -2.46. The number of likely N-dealkylation sites (tertiary alicyclic amines) is 1. The number of nitrogens with zero attached hydrogens (tertiary/aromatic N) is 7. The molecule has 1 aliphatic carbocycles. The van der Waals surface area contributed by atoms with Gasteiger partial charge in [-0.05, 0) is 50.3 Å². The van der Waals surface area contributed by atoms with Gasteiger partial charge in [0, 0.05) is 43.9 Å². The smallest absolute Gasteiger partial charge is 0.416 e. The number of aryl methyl sites for hydroxylation is 1. The third-order valence-electron chi connectivity index (χ3n) is 9.23. The third kappa shape index (κ3) is 5.69. The molecule has 0 saturated carbocycles. The van der Waals surface area contributed by atoms with Crippen LogP contribution in [0.2, 0.25) is 5.02 Å². The molecule has 4 aromatic rings. The van der Waals surface area contributed by atoms with Gasteiger partial charge in [0.1, 0.15) is 18.7 Å². The summed E-state index contributed by atoms with van der Waals surface area (Å²) in [5.74, 6) is -1.05. The highest BCUT2D eigenvalue weighted by molar-refractivity contribution is 6.33. The normalized spacial score (nSPS) is 17.1. The van der Waals surface area contributed by atoms with Gasteiger partial charge < -0.3 is 24.8 Å². The van der Waals surface area contributed by atoms with E-state index < -0.39 is 29.0 Å². The number of fused-ring (bicyclic) bond motifs is 3. The van der Waals surface area contributed by atoms with Crippen molar-refractivity contribution in [1.29, 1.82) is 0 Å². The highest BCUT2D eigenvalue weighted by Gasteiger charge is 2.49. The lowest BCUT2D eigenvalue weighted by atomic mass is 9.73. The Hall–Kier alpha value is -4.79. The van der Waals surface area contributed by atoms with Crippen LogP contribution in [0.15, 0.2) is 35.5 Å². The van der Waals surface area contributed by atoms with Crippen LogP contribution in [0.1, 0.15) is 65.1 Å². The summed E-state index contributed by atoms with van der Waals surface area (Å²) in [7, 11) is 3.52. The molecule has 1 aromatic carbocycles. The molecular weight excluding hydrogens is 653 g/mol. The zero-order valence-electron chi connectivity index (χ0n) is 26.5. The molecule has 2 N–H and O–H groups in total. The van der Waals surface area contributed by atoms with Crippen molar-refractivity contribution < 1.29 is 27.9 Å². The number of nitrogens with one attached hydrogen (secondary N) is 1. The van der Waals surface area contributed by atoms with E-state index >= 15 is 0 Å². The van der Waals surface area contributed by atoms with Gasteiger partial charge in [0.05, 0.1) is 28.2 Å². The Kier molecular flexibility index (Phi) is 8.30. The summed E-state index contributed by atoms with van der Waals surface area (Å²) in [6, 6.07) is 2.67. The second kappa shape index (κ2) is 12.0. The molecule has 252 valence electrons. The predicted octanol–water partition coefficient (Wildman–Crippen LogP) is 4.65. The number of anilines is 2. The SMILES string of the molecule is Cc1ncnc(C(=O)N2CCC3(CC2)C[C@H](C)c2c3c(=O)c3nc(N(C)C)cnc3n2CC(=O)Nc2ccc(C(F)(F)F)cc2Cl)c1O. The summed E-state index contributed by atoms with van der Waals surface area (Å²) in [6.45, 7) is 3.81. The van der Waals surface area contributed by atoms with E-state index in [1.54, 1.807) is 35.4 Å². The van der Waals surface area contributed by atoms with Crippen LogP contribution in [-0.4, -0.2) is 73.5 Å². The second-order valence-corrected chi connectivity index (χ2v) is 13.0. The Labute approximate surface area is 277 Å². The first-order valence-corrected chi connectivity index (χ1v) is 15.6. The Morgan fingerprint density at radius 3 is 2.52 bits per heavy atom. The van der Waals surface area contributed by atoms with E-state index in [-0.39, 0.29) is 56.9 Å². The second-order valence-electron chi connectivity index (χ2n) is 12.5. The van der Waals surface area contributed by atoms with Gasteiger partial charge in [-0.2, -0.15) is 13.2 Å². The molecule has 0 radical (unpaired) electrons. The van der Waals surface area contributed by atoms with E-state index in [4.69, 9.17) is 11.6 Å². The first-order valence-electron chi connectivity index (χ1n) is 15.2. The molecular formula is C32H32ClF3N8O4. The van der Waals surface area contributed by atoms with Crippen molar-refractivity contribution in [3.63, 3.8) is 0 Å². The van der Waals surface area contributed by atoms with Crippen LogP contribution in [0.25, 0.3) is 11.2 Å². The number of carbonyl (C=O) groups excluding carboxylic acids is 2. The monoisotopic (exact) mass is 684 g/mol. The quantitative estimate of drug-likeness (QED) is 0.307. The maximum absolute atomic E-state index is 14.3. The first-order chi connectivity index (χ1) is 22.6. The lowest BCUT2D eigenvalue weighted by molar-refractivity contribution is -0.137. The van der Waals surface area contributed by atoms with Crippen LogP contribution in [0, 0.1) is 6.92 Å². The summed E-state index contributed by atoms with van der Waals surface area (Å²) in [6.07, 6.45) is -0.426. The fraction of sp³-hybridized carbons (Fsp3) is 0.406. The third-order valence-corrected chi connectivity index (χ3v) is 9.54. The Morgan fingerprint density at radius 1 is 1.17 bits per heavy atom. The van der Waals surface area contributed by atoms with E-state index in [0.29, 0.717) is 49.4 Å². The number of rotatable bonds is 5. The zero-order chi connectivity index (χ0) is 34.7. The van der Waals surface area contributed by atoms with Crippen molar-refractivity contribution >= 4 is 46.1 Å². The van der Waals surface area contributed by atoms with E-state index in [1.165, 1.54) is 12.5 Å². The fourth-order valence-corrected chi connectivity index (χ4v) is 7.11. The van der Waals surface area contributed by atoms with Crippen molar-refractivity contribution in [3.8, 4) is 5.75 Å². The van der Waals surface area contributed by atoms with Crippen molar-refractivity contribution in [2.24, 2.45) is 0 Å². The molecule has 12 nitrogen and oxygen atoms in total. The molecule has 48 heavy (non-hydrogen) atoms. The van der Waals surface area contributed by atoms with Gasteiger partial charge in [-0.25, -0.2) is 19.9 Å². The molecule has 2 amide bonds. The van der Waals surface area contributed by atoms with Crippen LogP contribution >= 0.6 is 11.6 Å². The summed E-state index contributed by atoms with van der Waals surface area (Å²) in [5, 5.41) is 12.7. The van der Waals surface area contributed by atoms with Crippen molar-refractivity contribution in [2.75, 3.05) is 37.4 Å². The molecule has 3 aromatic heterocycles. The average Bonchev–Trinajstić information content (AvgIpc) is 3.31. The molecule has 0 bridgehead atoms. The molecule has 6 rings (SSSR count). The number of hydrogen-bond donors (Lipinski definition) is 2. The Morgan fingerprint density at radius 2 is 1.88 bits per heavy atom. The van der Waals surface area contributed by atoms with Crippen molar-refractivity contribution in [2.45, 2.75) is 57.2 Å². The summed E-state index contributed by atoms with van der Waals surface area (Å²) < 4.78 is 41.2. The topological polar surface area (TPSA) is 146 Å². The number of hydrogen-bond acceptors (Lipinski definition) is 9. The molecule has 1 aliphatic heterocycles. The number of piperidine rings is 1. The van der Waals surface area contributed by atoms with Gasteiger partial charge in [0.15, 0.2) is 22.6 Å². The maximum atomic E-state index is 14.3. The van der Waals surface area contributed by atoms with E-state index in [2.05, 4.69) is 25.3 Å². The molecule has 2 aliphatic rings. The van der Waals surface area contributed by atoms with E-state index in [0.717, 1.165) is 18.2 Å². The zero-order valence-corrected chi connectivity index (χ0v) is 27.3. The van der Waals surface area contributed by atoms with Crippen molar-refractivity contribution in [1.82, 2.24) is 29.4 Å². The molecule has 1 atom stereocenters. The number of alkyl halides is 3. The lowest BCUT2D eigenvalue weighted by Gasteiger charge is -2.39. The minimum atomic E-state index is -4.60. The number of halogens is 4. The first kappa shape index (κ1) is 33.1. The Bertz CT molecular complexity index is 2030. The van der Waals surface area contributed by atoms with Crippen LogP contribution in [-0.2, 0) is 22.9 Å². The number of benzene rings is 1. The van der Waals surface area contributed by atoms with Gasteiger partial charge in [0.25, 0.3) is 5.91 Å². The highest BCUT2D eigenvalue weighted by Crippen LogP contribution is 2.51. The molecule has 1 fully saturated rings. The number of pyridine rings is 1. The number of carbonyl (C=O) groups is 2. The van der Waals surface area contributed by atoms with Gasteiger partial charge in [-0.15, -0.1) is 0 Å². The fourth-order valence-electron chi connectivity index (χ4n) is 6.88. The minimum Gasteiger partial charge on any atom is -0.504 e. The minimum absolute atomic E-state index is 0.00381. The number of aromatic nitrogens is 5. The van der Waals surface area contributed by atoms with Gasteiger partial charge in [-0.3, -0.25) is 14.4 Å². The molecule has 4 heterocycles. The molecule has 0 unspecified atom stereocenters. The van der Waals surface area contributed by atoms with Gasteiger partial charge in [0.2, 0.25) is 11.3 Å². The van der Waals surface area contributed by atoms with Crippen molar-refractivity contribution in [3.05, 3.63) is 74.2 Å². The summed E-state index contributed by atoms with van der Waals surface area (Å²) in [5.41, 5.74) is -0.261. The van der Waals surface area contributed by atoms with Gasteiger partial charge >= 0.3 is 6.18 Å². The summed E-state index contributed by atoms with van der Waals surface area (Å²) >= 11 is 6.11. The molecule has 1 saturated heterocycles. The van der Waals surface area contributed by atoms with Crippen LogP contribution in [0.4, 0.5) is 24.7 Å². The standard InChI is InChI=1S/C32H32ClF3N8O4/c1-16-12-31(7-9-43(10-8-31)30(48)25-27(46)17(2)38-15-39-25)23-26(16)44(29-24(28(23)47)41-21(13-37-29)42(3)4)14-22(45)40-20-6-5-18(11-19(20)33)32(34,35)36/h5-6,11,13,15-16,46H,7-10,12,14H2,1-4H3,(H,40,45)/t16-/m0/s1. The van der Waals surface area contributed by atoms with Gasteiger partial charge in [-0.1, -0.05) is 18.5 Å². The Balaban J connectivity index is 1.38. The average molecular weight is 685 g/mol. The van der Waals surface area contributed by atoms with Crippen LogP contribution < -0.4 is 15.6 Å².